The Morgan fingerprint density at radius 2 is 1.76 bits per heavy atom. The summed E-state index contributed by atoms with van der Waals surface area (Å²) < 4.78 is 41.5. The number of hydrogen-bond donors (Lipinski definition) is 0. The number of nitrogens with zero attached hydrogens (tertiary/aromatic N) is 2. The van der Waals surface area contributed by atoms with E-state index in [1.165, 1.54) is 49.6 Å². The Balaban J connectivity index is 1.52. The SMILES string of the molecule is CCOc1cc(/C=C2\SC(=O)N(CC(=O)N3CCCC3)C2=O)ccc1OS(=O)(=O)c1ccc(OC)cc1. The van der Waals surface area contributed by atoms with Gasteiger partial charge in [0, 0.05) is 13.1 Å². The van der Waals surface area contributed by atoms with Crippen molar-refractivity contribution in [1.82, 2.24) is 9.80 Å². The molecule has 0 spiro atoms. The minimum atomic E-state index is -4.15. The van der Waals surface area contributed by atoms with Crippen molar-refractivity contribution >= 4 is 45.0 Å². The molecule has 0 atom stereocenters. The molecule has 2 saturated heterocycles. The lowest BCUT2D eigenvalue weighted by Crippen LogP contribution is -2.40. The van der Waals surface area contributed by atoms with Crippen LogP contribution in [-0.4, -0.2) is 68.6 Å². The van der Waals surface area contributed by atoms with Gasteiger partial charge in [0.25, 0.3) is 11.1 Å². The largest absolute Gasteiger partial charge is 0.497 e. The first kappa shape index (κ1) is 26.6. The van der Waals surface area contributed by atoms with Gasteiger partial charge in [0.2, 0.25) is 5.91 Å². The van der Waals surface area contributed by atoms with Crippen LogP contribution in [0.4, 0.5) is 4.79 Å². The van der Waals surface area contributed by atoms with E-state index in [1.807, 2.05) is 0 Å². The van der Waals surface area contributed by atoms with Crippen LogP contribution in [0.25, 0.3) is 6.08 Å². The molecule has 10 nitrogen and oxygen atoms in total. The second-order valence-electron chi connectivity index (χ2n) is 8.21. The summed E-state index contributed by atoms with van der Waals surface area (Å²) in [7, 11) is -2.68. The number of amides is 3. The van der Waals surface area contributed by atoms with Gasteiger partial charge < -0.3 is 18.6 Å². The van der Waals surface area contributed by atoms with E-state index in [1.54, 1.807) is 17.9 Å². The van der Waals surface area contributed by atoms with Gasteiger partial charge in [-0.2, -0.15) is 8.42 Å². The first-order valence-electron chi connectivity index (χ1n) is 11.6. The average molecular weight is 547 g/mol. The summed E-state index contributed by atoms with van der Waals surface area (Å²) in [5.41, 5.74) is 0.494. The Kier molecular flexibility index (Phi) is 8.08. The summed E-state index contributed by atoms with van der Waals surface area (Å²) in [6.45, 7) is 2.94. The number of likely N-dealkylation sites (tertiary alicyclic amines) is 1. The summed E-state index contributed by atoms with van der Waals surface area (Å²) in [5.74, 6) is -0.179. The second-order valence-corrected chi connectivity index (χ2v) is 10.7. The third kappa shape index (κ3) is 6.08. The Bertz CT molecular complexity index is 1330. The van der Waals surface area contributed by atoms with Gasteiger partial charge in [-0.25, -0.2) is 0 Å². The van der Waals surface area contributed by atoms with Gasteiger partial charge in [-0.1, -0.05) is 6.07 Å². The molecule has 2 fully saturated rings. The third-order valence-corrected chi connectivity index (χ3v) is 7.89. The molecule has 0 aliphatic carbocycles. The minimum absolute atomic E-state index is 0.0286. The highest BCUT2D eigenvalue weighted by atomic mass is 32.2. The highest BCUT2D eigenvalue weighted by Gasteiger charge is 2.37. The van der Waals surface area contributed by atoms with Crippen molar-refractivity contribution in [2.45, 2.75) is 24.7 Å². The molecule has 2 aliphatic heterocycles. The van der Waals surface area contributed by atoms with Crippen LogP contribution in [0.1, 0.15) is 25.3 Å². The fourth-order valence-corrected chi connectivity index (χ4v) is 5.63. The zero-order valence-electron chi connectivity index (χ0n) is 20.3. The molecule has 2 aromatic rings. The molecule has 196 valence electrons. The van der Waals surface area contributed by atoms with E-state index in [4.69, 9.17) is 13.7 Å². The maximum absolute atomic E-state index is 12.8. The number of benzene rings is 2. The predicted octanol–water partition coefficient (Wildman–Crippen LogP) is 3.52. The van der Waals surface area contributed by atoms with Crippen LogP contribution in [0.2, 0.25) is 0 Å². The standard InChI is InChI=1S/C25H26N2O8S2/c1-3-34-21-14-17(6-11-20(21)35-37(31,32)19-9-7-18(33-2)8-10-19)15-22-24(29)27(25(30)36-22)16-23(28)26-12-4-5-13-26/h6-11,14-15H,3-5,12-13,16H2,1-2H3/b22-15-. The van der Waals surface area contributed by atoms with E-state index >= 15 is 0 Å². The number of methoxy groups -OCH3 is 1. The topological polar surface area (TPSA) is 120 Å². The smallest absolute Gasteiger partial charge is 0.339 e. The number of carbonyl (C=O) groups excluding carboxylic acids is 3. The monoisotopic (exact) mass is 546 g/mol. The van der Waals surface area contributed by atoms with Crippen LogP contribution in [0, 0.1) is 0 Å². The first-order valence-corrected chi connectivity index (χ1v) is 13.8. The van der Waals surface area contributed by atoms with Crippen LogP contribution in [-0.2, 0) is 19.7 Å². The molecule has 2 heterocycles. The third-order valence-electron chi connectivity index (χ3n) is 5.74. The van der Waals surface area contributed by atoms with Gasteiger partial charge in [-0.15, -0.1) is 0 Å². The van der Waals surface area contributed by atoms with E-state index in [9.17, 15) is 22.8 Å². The van der Waals surface area contributed by atoms with Gasteiger partial charge >= 0.3 is 10.1 Å². The molecule has 0 N–H and O–H groups in total. The Labute approximate surface area is 219 Å². The van der Waals surface area contributed by atoms with Crippen molar-refractivity contribution in [3.8, 4) is 17.2 Å². The van der Waals surface area contributed by atoms with E-state index < -0.39 is 21.3 Å². The van der Waals surface area contributed by atoms with Gasteiger partial charge in [0.05, 0.1) is 18.6 Å². The van der Waals surface area contributed by atoms with Gasteiger partial charge in [-0.05, 0) is 79.6 Å². The number of ether oxygens (including phenoxy) is 2. The van der Waals surface area contributed by atoms with E-state index in [0.29, 0.717) is 24.4 Å². The van der Waals surface area contributed by atoms with Gasteiger partial charge in [0.15, 0.2) is 11.5 Å². The lowest BCUT2D eigenvalue weighted by molar-refractivity contribution is -0.135. The van der Waals surface area contributed by atoms with Crippen LogP contribution < -0.4 is 13.7 Å². The van der Waals surface area contributed by atoms with Crippen molar-refractivity contribution in [3.05, 3.63) is 52.9 Å². The lowest BCUT2D eigenvalue weighted by Gasteiger charge is -2.18. The van der Waals surface area contributed by atoms with Crippen LogP contribution >= 0.6 is 11.8 Å². The molecule has 2 aromatic carbocycles. The summed E-state index contributed by atoms with van der Waals surface area (Å²) in [6, 6.07) is 10.2. The molecule has 2 aliphatic rings. The van der Waals surface area contributed by atoms with E-state index in [-0.39, 0.29) is 40.4 Å². The van der Waals surface area contributed by atoms with Crippen molar-refractivity contribution in [1.29, 1.82) is 0 Å². The van der Waals surface area contributed by atoms with Gasteiger partial charge in [-0.3, -0.25) is 19.3 Å². The molecule has 0 unspecified atom stereocenters. The number of imide groups is 1. The summed E-state index contributed by atoms with van der Waals surface area (Å²) >= 11 is 0.744. The Morgan fingerprint density at radius 3 is 2.41 bits per heavy atom. The molecule has 0 saturated carbocycles. The Hall–Kier alpha value is -3.51. The maximum Gasteiger partial charge on any atom is 0.339 e. The summed E-state index contributed by atoms with van der Waals surface area (Å²) in [6.07, 6.45) is 3.32. The molecule has 3 amide bonds. The quantitative estimate of drug-likeness (QED) is 0.344. The van der Waals surface area contributed by atoms with Crippen molar-refractivity contribution in [2.75, 3.05) is 33.4 Å². The number of carbonyl (C=O) groups is 3. The van der Waals surface area contributed by atoms with E-state index in [0.717, 1.165) is 29.5 Å². The zero-order valence-corrected chi connectivity index (χ0v) is 22.0. The second kappa shape index (κ2) is 11.3. The van der Waals surface area contributed by atoms with Crippen molar-refractivity contribution in [2.24, 2.45) is 0 Å². The molecule has 0 aromatic heterocycles. The molecule has 37 heavy (non-hydrogen) atoms. The zero-order chi connectivity index (χ0) is 26.6. The van der Waals surface area contributed by atoms with Crippen LogP contribution in [0.15, 0.2) is 52.3 Å². The molecule has 0 bridgehead atoms. The average Bonchev–Trinajstić information content (AvgIpc) is 3.51. The highest BCUT2D eigenvalue weighted by Crippen LogP contribution is 2.36. The first-order chi connectivity index (χ1) is 17.7. The van der Waals surface area contributed by atoms with Crippen molar-refractivity contribution < 1.29 is 36.5 Å². The maximum atomic E-state index is 12.8. The Morgan fingerprint density at radius 1 is 1.05 bits per heavy atom. The molecule has 4 rings (SSSR count). The predicted molar refractivity (Wildman–Crippen MR) is 137 cm³/mol. The van der Waals surface area contributed by atoms with Crippen LogP contribution in [0.3, 0.4) is 0 Å². The lowest BCUT2D eigenvalue weighted by atomic mass is 10.2. The van der Waals surface area contributed by atoms with E-state index in [2.05, 4.69) is 0 Å². The number of rotatable bonds is 9. The van der Waals surface area contributed by atoms with Gasteiger partial charge in [0.1, 0.15) is 17.2 Å². The molecule has 12 heteroatoms. The molecular weight excluding hydrogens is 520 g/mol. The van der Waals surface area contributed by atoms with Crippen LogP contribution in [0.5, 0.6) is 17.2 Å². The fourth-order valence-electron chi connectivity index (χ4n) is 3.85. The highest BCUT2D eigenvalue weighted by molar-refractivity contribution is 8.18. The summed E-state index contributed by atoms with van der Waals surface area (Å²) in [4.78, 5) is 40.4. The fraction of sp³-hybridized carbons (Fsp3) is 0.320. The number of hydrogen-bond acceptors (Lipinski definition) is 9. The molecule has 0 radical (unpaired) electrons. The number of thioether (sulfide) groups is 1. The minimum Gasteiger partial charge on any atom is -0.497 e. The summed E-state index contributed by atoms with van der Waals surface area (Å²) in [5, 5.41) is -0.514. The molecular formula is C25H26N2O8S2. The van der Waals surface area contributed by atoms with Crippen molar-refractivity contribution in [3.63, 3.8) is 0 Å². The normalized spacial score (nSPS) is 17.0.